The first-order chi connectivity index (χ1) is 10.6. The van der Waals surface area contributed by atoms with Crippen LogP contribution in [0, 0.1) is 6.92 Å². The van der Waals surface area contributed by atoms with Crippen molar-refractivity contribution in [2.75, 3.05) is 29.9 Å². The number of nitrogens with one attached hydrogen (secondary N) is 2. The zero-order valence-electron chi connectivity index (χ0n) is 13.6. The highest BCUT2D eigenvalue weighted by Crippen LogP contribution is 2.25. The van der Waals surface area contributed by atoms with Crippen molar-refractivity contribution in [2.24, 2.45) is 0 Å². The lowest BCUT2D eigenvalue weighted by atomic mass is 10.1. The van der Waals surface area contributed by atoms with E-state index in [-0.39, 0.29) is 18.7 Å². The monoisotopic (exact) mass is 305 g/mol. The maximum absolute atomic E-state index is 12.0. The van der Waals surface area contributed by atoms with E-state index in [2.05, 4.69) is 27.7 Å². The number of hydrogen-bond donors (Lipinski definition) is 3. The van der Waals surface area contributed by atoms with Crippen molar-refractivity contribution in [3.8, 4) is 0 Å². The van der Waals surface area contributed by atoms with Crippen LogP contribution in [0.25, 0.3) is 0 Å². The topological polar surface area (TPSA) is 64.6 Å². The van der Waals surface area contributed by atoms with E-state index in [4.69, 9.17) is 5.11 Å². The third kappa shape index (κ3) is 4.37. The second-order valence-corrected chi connectivity index (χ2v) is 5.91. The number of amides is 2. The standard InChI is InChI=1S/C17H27N3O2/c1-3-14(8-11-21)18-17(22)19-16-7-6-15(12-13(16)2)20-9-4-5-10-20/h6-7,12,14,21H,3-5,8-11H2,1-2H3,(H2,18,19,22). The van der Waals surface area contributed by atoms with E-state index < -0.39 is 0 Å². The molecule has 1 aromatic carbocycles. The molecule has 0 bridgehead atoms. The fourth-order valence-corrected chi connectivity index (χ4v) is 2.84. The lowest BCUT2D eigenvalue weighted by molar-refractivity contribution is 0.237. The summed E-state index contributed by atoms with van der Waals surface area (Å²) in [7, 11) is 0. The number of urea groups is 1. The number of rotatable bonds is 6. The number of hydrogen-bond acceptors (Lipinski definition) is 3. The first kappa shape index (κ1) is 16.6. The Balaban J connectivity index is 1.96. The Hall–Kier alpha value is -1.75. The molecule has 5 heteroatoms. The molecular formula is C17H27N3O2. The minimum absolute atomic E-state index is 0.00850. The Morgan fingerprint density at radius 3 is 2.68 bits per heavy atom. The van der Waals surface area contributed by atoms with Crippen molar-refractivity contribution in [1.29, 1.82) is 0 Å². The molecule has 2 rings (SSSR count). The molecule has 0 spiro atoms. The number of benzene rings is 1. The first-order valence-corrected chi connectivity index (χ1v) is 8.18. The molecule has 0 saturated carbocycles. The van der Waals surface area contributed by atoms with Gasteiger partial charge in [0.2, 0.25) is 0 Å². The third-order valence-electron chi connectivity index (χ3n) is 4.23. The summed E-state index contributed by atoms with van der Waals surface area (Å²) in [4.78, 5) is 14.4. The minimum atomic E-state index is -0.211. The normalized spacial score (nSPS) is 15.7. The molecule has 0 aliphatic carbocycles. The number of aliphatic hydroxyl groups excluding tert-OH is 1. The van der Waals surface area contributed by atoms with Crippen LogP contribution >= 0.6 is 0 Å². The van der Waals surface area contributed by atoms with Crippen LogP contribution in [0.2, 0.25) is 0 Å². The van der Waals surface area contributed by atoms with Crippen LogP contribution in [-0.4, -0.2) is 36.9 Å². The van der Waals surface area contributed by atoms with E-state index >= 15 is 0 Å². The van der Waals surface area contributed by atoms with Gasteiger partial charge in [-0.2, -0.15) is 0 Å². The number of carbonyl (C=O) groups is 1. The molecule has 1 atom stereocenters. The van der Waals surface area contributed by atoms with Gasteiger partial charge in [0, 0.05) is 37.1 Å². The van der Waals surface area contributed by atoms with E-state index in [9.17, 15) is 4.79 Å². The number of aliphatic hydroxyl groups is 1. The van der Waals surface area contributed by atoms with E-state index in [1.165, 1.54) is 18.5 Å². The van der Waals surface area contributed by atoms with Crippen LogP contribution in [0.3, 0.4) is 0 Å². The number of aryl methyl sites for hydroxylation is 1. The van der Waals surface area contributed by atoms with Gasteiger partial charge < -0.3 is 20.6 Å². The van der Waals surface area contributed by atoms with Gasteiger partial charge in [-0.25, -0.2) is 4.79 Å². The van der Waals surface area contributed by atoms with Crippen molar-refractivity contribution < 1.29 is 9.90 Å². The van der Waals surface area contributed by atoms with Crippen LogP contribution in [0.15, 0.2) is 18.2 Å². The van der Waals surface area contributed by atoms with Gasteiger partial charge in [-0.3, -0.25) is 0 Å². The van der Waals surface area contributed by atoms with Gasteiger partial charge in [0.05, 0.1) is 0 Å². The smallest absolute Gasteiger partial charge is 0.319 e. The molecule has 22 heavy (non-hydrogen) atoms. The summed E-state index contributed by atoms with van der Waals surface area (Å²) in [6.07, 6.45) is 3.90. The lowest BCUT2D eigenvalue weighted by Gasteiger charge is -2.20. The van der Waals surface area contributed by atoms with Gasteiger partial charge in [-0.05, 0) is 56.4 Å². The molecule has 0 aromatic heterocycles. The van der Waals surface area contributed by atoms with Crippen molar-refractivity contribution in [2.45, 2.75) is 45.6 Å². The van der Waals surface area contributed by atoms with Gasteiger partial charge in [0.1, 0.15) is 0 Å². The number of carbonyl (C=O) groups excluding carboxylic acids is 1. The molecule has 1 fully saturated rings. The maximum atomic E-state index is 12.0. The highest BCUT2D eigenvalue weighted by molar-refractivity contribution is 5.90. The van der Waals surface area contributed by atoms with Gasteiger partial charge in [0.15, 0.2) is 0 Å². The van der Waals surface area contributed by atoms with Crippen molar-refractivity contribution in [3.05, 3.63) is 23.8 Å². The van der Waals surface area contributed by atoms with Crippen molar-refractivity contribution in [3.63, 3.8) is 0 Å². The zero-order chi connectivity index (χ0) is 15.9. The number of nitrogens with zero attached hydrogens (tertiary/aromatic N) is 1. The summed E-state index contributed by atoms with van der Waals surface area (Å²) in [5.74, 6) is 0. The summed E-state index contributed by atoms with van der Waals surface area (Å²) < 4.78 is 0. The summed E-state index contributed by atoms with van der Waals surface area (Å²) in [5, 5.41) is 14.8. The van der Waals surface area contributed by atoms with Crippen LogP contribution in [-0.2, 0) is 0 Å². The second kappa shape index (κ2) is 8.03. The van der Waals surface area contributed by atoms with E-state index in [1.807, 2.05) is 19.9 Å². The summed E-state index contributed by atoms with van der Waals surface area (Å²) in [5.41, 5.74) is 3.13. The Bertz CT molecular complexity index is 499. The van der Waals surface area contributed by atoms with Crippen LogP contribution in [0.5, 0.6) is 0 Å². The molecule has 1 aliphatic rings. The predicted octanol–water partition coefficient (Wildman–Crippen LogP) is 2.88. The fraction of sp³-hybridized carbons (Fsp3) is 0.588. The highest BCUT2D eigenvalue weighted by atomic mass is 16.3. The Morgan fingerprint density at radius 2 is 2.09 bits per heavy atom. The van der Waals surface area contributed by atoms with Gasteiger partial charge in [0.25, 0.3) is 0 Å². The number of anilines is 2. The summed E-state index contributed by atoms with van der Waals surface area (Å²) in [6.45, 7) is 6.33. The zero-order valence-corrected chi connectivity index (χ0v) is 13.6. The Morgan fingerprint density at radius 1 is 1.36 bits per heavy atom. The molecule has 1 heterocycles. The van der Waals surface area contributed by atoms with Crippen LogP contribution in [0.1, 0.15) is 38.2 Å². The maximum Gasteiger partial charge on any atom is 0.319 e. The van der Waals surface area contributed by atoms with E-state index in [1.54, 1.807) is 0 Å². The molecule has 1 aliphatic heterocycles. The quantitative estimate of drug-likeness (QED) is 0.757. The highest BCUT2D eigenvalue weighted by Gasteiger charge is 2.14. The van der Waals surface area contributed by atoms with E-state index in [0.717, 1.165) is 30.8 Å². The predicted molar refractivity (Wildman–Crippen MR) is 90.6 cm³/mol. The molecule has 2 amide bonds. The average molecular weight is 305 g/mol. The first-order valence-electron chi connectivity index (χ1n) is 8.18. The third-order valence-corrected chi connectivity index (χ3v) is 4.23. The molecule has 122 valence electrons. The molecule has 1 aromatic rings. The Labute approximate surface area is 132 Å². The van der Waals surface area contributed by atoms with Gasteiger partial charge in [-0.15, -0.1) is 0 Å². The SMILES string of the molecule is CCC(CCO)NC(=O)Nc1ccc(N2CCCC2)cc1C. The molecule has 3 N–H and O–H groups in total. The summed E-state index contributed by atoms with van der Waals surface area (Å²) in [6, 6.07) is 5.96. The largest absolute Gasteiger partial charge is 0.396 e. The van der Waals surface area contributed by atoms with Crippen LogP contribution in [0.4, 0.5) is 16.2 Å². The van der Waals surface area contributed by atoms with Crippen molar-refractivity contribution >= 4 is 17.4 Å². The van der Waals surface area contributed by atoms with Crippen LogP contribution < -0.4 is 15.5 Å². The van der Waals surface area contributed by atoms with Gasteiger partial charge in [-0.1, -0.05) is 6.92 Å². The second-order valence-electron chi connectivity index (χ2n) is 5.91. The lowest BCUT2D eigenvalue weighted by Crippen LogP contribution is -2.38. The molecular weight excluding hydrogens is 278 g/mol. The average Bonchev–Trinajstić information content (AvgIpc) is 3.03. The minimum Gasteiger partial charge on any atom is -0.396 e. The van der Waals surface area contributed by atoms with Crippen molar-refractivity contribution in [1.82, 2.24) is 5.32 Å². The fourth-order valence-electron chi connectivity index (χ4n) is 2.84. The molecule has 1 unspecified atom stereocenters. The molecule has 0 radical (unpaired) electrons. The molecule has 5 nitrogen and oxygen atoms in total. The Kier molecular flexibility index (Phi) is 6.07. The summed E-state index contributed by atoms with van der Waals surface area (Å²) >= 11 is 0. The molecule has 1 saturated heterocycles. The van der Waals surface area contributed by atoms with E-state index in [0.29, 0.717) is 6.42 Å². The van der Waals surface area contributed by atoms with Gasteiger partial charge >= 0.3 is 6.03 Å².